The van der Waals surface area contributed by atoms with Gasteiger partial charge in [0.25, 0.3) is 0 Å². The number of hydrogen-bond donors (Lipinski definition) is 0. The van der Waals surface area contributed by atoms with Crippen molar-refractivity contribution in [1.29, 1.82) is 5.26 Å². The molecule has 1 amide bonds. The van der Waals surface area contributed by atoms with Crippen LogP contribution in [0, 0.1) is 11.3 Å². The first kappa shape index (κ1) is 14.6. The molecule has 1 aromatic rings. The lowest BCUT2D eigenvalue weighted by Gasteiger charge is -2.15. The Morgan fingerprint density at radius 3 is 2.68 bits per heavy atom. The zero-order valence-electron chi connectivity index (χ0n) is 11.2. The molecule has 1 rings (SSSR count). The molecule has 0 aliphatic rings. The van der Waals surface area contributed by atoms with Crippen molar-refractivity contribution in [2.75, 3.05) is 27.8 Å². The molecule has 0 aromatic heterocycles. The van der Waals surface area contributed by atoms with E-state index in [1.165, 1.54) is 19.1 Å². The van der Waals surface area contributed by atoms with Crippen molar-refractivity contribution in [3.8, 4) is 17.6 Å². The molecular formula is C13H16N2O4. The van der Waals surface area contributed by atoms with E-state index in [1.807, 2.05) is 6.07 Å². The van der Waals surface area contributed by atoms with Crippen LogP contribution in [0.1, 0.15) is 5.56 Å². The van der Waals surface area contributed by atoms with Gasteiger partial charge >= 0.3 is 6.09 Å². The summed E-state index contributed by atoms with van der Waals surface area (Å²) in [6.45, 7) is 0.0559. The van der Waals surface area contributed by atoms with Crippen molar-refractivity contribution >= 4 is 6.09 Å². The van der Waals surface area contributed by atoms with E-state index in [9.17, 15) is 4.79 Å². The highest BCUT2D eigenvalue weighted by Gasteiger charge is 2.11. The second-order valence-corrected chi connectivity index (χ2v) is 3.75. The summed E-state index contributed by atoms with van der Waals surface area (Å²) in [6.07, 6.45) is -0.556. The highest BCUT2D eigenvalue weighted by Crippen LogP contribution is 2.25. The Labute approximate surface area is 112 Å². The van der Waals surface area contributed by atoms with Crippen LogP contribution >= 0.6 is 0 Å². The molecule has 0 aliphatic carbocycles. The second kappa shape index (κ2) is 7.11. The van der Waals surface area contributed by atoms with Crippen LogP contribution in [0.4, 0.5) is 4.79 Å². The number of amides is 1. The summed E-state index contributed by atoms with van der Waals surface area (Å²) in [5.74, 6) is 1.24. The molecule has 0 N–H and O–H groups in total. The topological polar surface area (TPSA) is 71.8 Å². The Morgan fingerprint density at radius 2 is 2.11 bits per heavy atom. The predicted octanol–water partition coefficient (Wildman–Crippen LogP) is 1.80. The highest BCUT2D eigenvalue weighted by atomic mass is 16.6. The molecular weight excluding hydrogens is 248 g/mol. The zero-order valence-corrected chi connectivity index (χ0v) is 11.2. The number of hydrogen-bond acceptors (Lipinski definition) is 5. The van der Waals surface area contributed by atoms with Gasteiger partial charge in [-0.2, -0.15) is 5.26 Å². The average Bonchev–Trinajstić information content (AvgIpc) is 2.44. The minimum atomic E-state index is -0.556. The van der Waals surface area contributed by atoms with Crippen molar-refractivity contribution in [1.82, 2.24) is 4.90 Å². The van der Waals surface area contributed by atoms with Gasteiger partial charge in [-0.05, 0) is 12.1 Å². The second-order valence-electron chi connectivity index (χ2n) is 3.75. The molecule has 0 radical (unpaired) electrons. The number of carbonyl (C=O) groups excluding carboxylic acids is 1. The number of nitriles is 1. The molecule has 19 heavy (non-hydrogen) atoms. The highest BCUT2D eigenvalue weighted by molar-refractivity contribution is 5.67. The first-order valence-corrected chi connectivity index (χ1v) is 5.58. The van der Waals surface area contributed by atoms with Crippen LogP contribution in [-0.2, 0) is 11.3 Å². The lowest BCUT2D eigenvalue weighted by Crippen LogP contribution is -2.27. The van der Waals surface area contributed by atoms with Crippen molar-refractivity contribution < 1.29 is 19.0 Å². The van der Waals surface area contributed by atoms with Crippen molar-refractivity contribution in [3.05, 3.63) is 23.8 Å². The molecule has 0 heterocycles. The first-order valence-electron chi connectivity index (χ1n) is 5.58. The third-order valence-electron chi connectivity index (χ3n) is 2.46. The fraction of sp³-hybridized carbons (Fsp3) is 0.385. The largest absolute Gasteiger partial charge is 0.497 e. The normalized spacial score (nSPS) is 9.37. The van der Waals surface area contributed by atoms with Gasteiger partial charge < -0.3 is 14.2 Å². The van der Waals surface area contributed by atoms with Crippen LogP contribution in [0.25, 0.3) is 0 Å². The molecule has 102 valence electrons. The van der Waals surface area contributed by atoms with Crippen LogP contribution in [0.2, 0.25) is 0 Å². The Kier molecular flexibility index (Phi) is 5.48. The van der Waals surface area contributed by atoms with E-state index >= 15 is 0 Å². The lowest BCUT2D eigenvalue weighted by molar-refractivity contribution is 0.108. The van der Waals surface area contributed by atoms with Gasteiger partial charge in [-0.1, -0.05) is 0 Å². The van der Waals surface area contributed by atoms with Crippen LogP contribution in [0.3, 0.4) is 0 Å². The van der Waals surface area contributed by atoms with Gasteiger partial charge in [0.2, 0.25) is 0 Å². The van der Waals surface area contributed by atoms with Crippen LogP contribution in [0.15, 0.2) is 18.2 Å². The maximum absolute atomic E-state index is 11.5. The van der Waals surface area contributed by atoms with Gasteiger partial charge in [0.15, 0.2) is 0 Å². The molecule has 0 fully saturated rings. The predicted molar refractivity (Wildman–Crippen MR) is 68.0 cm³/mol. The number of benzene rings is 1. The van der Waals surface area contributed by atoms with Crippen molar-refractivity contribution in [2.45, 2.75) is 6.61 Å². The molecule has 6 nitrogen and oxygen atoms in total. The molecule has 1 aromatic carbocycles. The van der Waals surface area contributed by atoms with Crippen LogP contribution in [0.5, 0.6) is 11.5 Å². The van der Waals surface area contributed by atoms with Gasteiger partial charge in [0.1, 0.15) is 24.7 Å². The first-order chi connectivity index (χ1) is 9.12. The number of nitrogens with zero attached hydrogens (tertiary/aromatic N) is 2. The minimum absolute atomic E-state index is 0.0153. The molecule has 0 atom stereocenters. The minimum Gasteiger partial charge on any atom is -0.497 e. The summed E-state index contributed by atoms with van der Waals surface area (Å²) in [7, 11) is 4.59. The van der Waals surface area contributed by atoms with E-state index in [-0.39, 0.29) is 13.2 Å². The maximum atomic E-state index is 11.5. The third kappa shape index (κ3) is 4.07. The quantitative estimate of drug-likeness (QED) is 0.758. The monoisotopic (exact) mass is 264 g/mol. The summed E-state index contributed by atoms with van der Waals surface area (Å²) in [6, 6.07) is 7.09. The van der Waals surface area contributed by atoms with Crippen molar-refractivity contribution in [2.24, 2.45) is 0 Å². The number of methoxy groups -OCH3 is 2. The Balaban J connectivity index is 2.67. The summed E-state index contributed by atoms with van der Waals surface area (Å²) in [5, 5.41) is 8.48. The SMILES string of the molecule is COc1ccc(COC(=O)N(C)CC#N)c(OC)c1. The fourth-order valence-corrected chi connectivity index (χ4v) is 1.39. The van der Waals surface area contributed by atoms with Gasteiger partial charge in [0, 0.05) is 18.7 Å². The Hall–Kier alpha value is -2.42. The van der Waals surface area contributed by atoms with Crippen LogP contribution in [-0.4, -0.2) is 38.8 Å². The number of rotatable bonds is 5. The standard InChI is InChI=1S/C13H16N2O4/c1-15(7-6-14)13(16)19-9-10-4-5-11(17-2)8-12(10)18-3/h4-5,8H,7,9H2,1-3H3. The van der Waals surface area contributed by atoms with Gasteiger partial charge in [-0.25, -0.2) is 4.79 Å². The van der Waals surface area contributed by atoms with E-state index in [4.69, 9.17) is 19.5 Å². The molecule has 0 spiro atoms. The molecule has 0 saturated heterocycles. The van der Waals surface area contributed by atoms with E-state index in [0.717, 1.165) is 5.56 Å². The molecule has 0 unspecified atom stereocenters. The van der Waals surface area contributed by atoms with E-state index in [1.54, 1.807) is 25.3 Å². The summed E-state index contributed by atoms with van der Waals surface area (Å²) >= 11 is 0. The fourth-order valence-electron chi connectivity index (χ4n) is 1.39. The summed E-state index contributed by atoms with van der Waals surface area (Å²) in [5.41, 5.74) is 0.724. The Bertz CT molecular complexity index is 482. The third-order valence-corrected chi connectivity index (χ3v) is 2.46. The van der Waals surface area contributed by atoms with Gasteiger partial charge in [-0.15, -0.1) is 0 Å². The Morgan fingerprint density at radius 1 is 1.37 bits per heavy atom. The molecule has 0 aliphatic heterocycles. The lowest BCUT2D eigenvalue weighted by atomic mass is 10.2. The smallest absolute Gasteiger partial charge is 0.410 e. The van der Waals surface area contributed by atoms with E-state index in [0.29, 0.717) is 11.5 Å². The number of carbonyl (C=O) groups is 1. The van der Waals surface area contributed by atoms with E-state index in [2.05, 4.69) is 0 Å². The molecule has 6 heteroatoms. The number of ether oxygens (including phenoxy) is 3. The zero-order chi connectivity index (χ0) is 14.3. The summed E-state index contributed by atoms with van der Waals surface area (Å²) in [4.78, 5) is 12.7. The van der Waals surface area contributed by atoms with E-state index < -0.39 is 6.09 Å². The average molecular weight is 264 g/mol. The van der Waals surface area contributed by atoms with Crippen LogP contribution < -0.4 is 9.47 Å². The summed E-state index contributed by atoms with van der Waals surface area (Å²) < 4.78 is 15.3. The molecule has 0 saturated carbocycles. The maximum Gasteiger partial charge on any atom is 0.410 e. The van der Waals surface area contributed by atoms with Gasteiger partial charge in [0.05, 0.1) is 20.3 Å². The van der Waals surface area contributed by atoms with Crippen molar-refractivity contribution in [3.63, 3.8) is 0 Å². The van der Waals surface area contributed by atoms with Gasteiger partial charge in [-0.3, -0.25) is 4.90 Å². The molecule has 0 bridgehead atoms.